The first kappa shape index (κ1) is 8.20. The highest BCUT2D eigenvalue weighted by molar-refractivity contribution is 6.48. The van der Waals surface area contributed by atoms with Gasteiger partial charge in [-0.2, -0.15) is 0 Å². The standard InChI is InChI=1S/C6H14O3Si/c1-10(2)9-6-4-8-3-5(6)7/h5-7,10H,3-4H2,1-2H3. The van der Waals surface area contributed by atoms with Crippen molar-refractivity contribution in [3.63, 3.8) is 0 Å². The van der Waals surface area contributed by atoms with Crippen LogP contribution in [0.15, 0.2) is 0 Å². The molecule has 0 aliphatic carbocycles. The van der Waals surface area contributed by atoms with Crippen LogP contribution in [0.25, 0.3) is 0 Å². The maximum Gasteiger partial charge on any atom is 0.171 e. The van der Waals surface area contributed by atoms with E-state index in [1.54, 1.807) is 0 Å². The number of aliphatic hydroxyl groups is 1. The van der Waals surface area contributed by atoms with Crippen molar-refractivity contribution < 1.29 is 14.3 Å². The minimum Gasteiger partial charge on any atom is -0.413 e. The van der Waals surface area contributed by atoms with Gasteiger partial charge in [0.1, 0.15) is 6.10 Å². The van der Waals surface area contributed by atoms with Gasteiger partial charge in [-0.15, -0.1) is 0 Å². The Morgan fingerprint density at radius 2 is 2.20 bits per heavy atom. The van der Waals surface area contributed by atoms with E-state index in [-0.39, 0.29) is 6.10 Å². The molecule has 2 unspecified atom stereocenters. The summed E-state index contributed by atoms with van der Waals surface area (Å²) in [4.78, 5) is 0. The fraction of sp³-hybridized carbons (Fsp3) is 1.00. The minimum atomic E-state index is -1.00. The van der Waals surface area contributed by atoms with Gasteiger partial charge in [-0.05, 0) is 13.1 Å². The molecule has 0 aromatic rings. The normalized spacial score (nSPS) is 33.6. The lowest BCUT2D eigenvalue weighted by molar-refractivity contribution is 0.0730. The van der Waals surface area contributed by atoms with Crippen LogP contribution >= 0.6 is 0 Å². The van der Waals surface area contributed by atoms with Crippen LogP contribution in [-0.4, -0.2) is 39.6 Å². The third kappa shape index (κ3) is 2.05. The summed E-state index contributed by atoms with van der Waals surface area (Å²) in [6.07, 6.45) is -0.443. The van der Waals surface area contributed by atoms with Crippen LogP contribution < -0.4 is 0 Å². The molecule has 0 aromatic carbocycles. The van der Waals surface area contributed by atoms with Crippen LogP contribution in [-0.2, 0) is 9.16 Å². The molecular formula is C6H14O3Si. The minimum absolute atomic E-state index is 0.0494. The summed E-state index contributed by atoms with van der Waals surface area (Å²) in [7, 11) is -1.00. The van der Waals surface area contributed by atoms with Gasteiger partial charge in [0.05, 0.1) is 19.3 Å². The van der Waals surface area contributed by atoms with Gasteiger partial charge in [-0.25, -0.2) is 0 Å². The zero-order chi connectivity index (χ0) is 7.56. The van der Waals surface area contributed by atoms with Crippen LogP contribution in [0.2, 0.25) is 13.1 Å². The first-order valence-electron chi connectivity index (χ1n) is 3.61. The molecule has 10 heavy (non-hydrogen) atoms. The van der Waals surface area contributed by atoms with Crippen LogP contribution in [0.5, 0.6) is 0 Å². The Labute approximate surface area is 62.7 Å². The maximum absolute atomic E-state index is 9.21. The number of aliphatic hydroxyl groups excluding tert-OH is 1. The van der Waals surface area contributed by atoms with E-state index < -0.39 is 15.1 Å². The van der Waals surface area contributed by atoms with Crippen LogP contribution in [0.3, 0.4) is 0 Å². The molecule has 4 heteroatoms. The smallest absolute Gasteiger partial charge is 0.171 e. The van der Waals surface area contributed by atoms with E-state index in [9.17, 15) is 5.11 Å². The van der Waals surface area contributed by atoms with Gasteiger partial charge in [0.25, 0.3) is 0 Å². The monoisotopic (exact) mass is 162 g/mol. The van der Waals surface area contributed by atoms with Crippen molar-refractivity contribution in [2.45, 2.75) is 25.3 Å². The predicted molar refractivity (Wildman–Crippen MR) is 40.6 cm³/mol. The van der Waals surface area contributed by atoms with Gasteiger partial charge in [-0.1, -0.05) is 0 Å². The van der Waals surface area contributed by atoms with E-state index >= 15 is 0 Å². The molecule has 0 amide bonds. The van der Waals surface area contributed by atoms with Gasteiger partial charge >= 0.3 is 0 Å². The highest BCUT2D eigenvalue weighted by atomic mass is 28.3. The molecule has 1 heterocycles. The summed E-state index contributed by atoms with van der Waals surface area (Å²) in [5.74, 6) is 0. The first-order chi connectivity index (χ1) is 4.70. The molecule has 1 N–H and O–H groups in total. The Kier molecular flexibility index (Phi) is 2.85. The second-order valence-electron chi connectivity index (χ2n) is 2.83. The number of hydrogen-bond donors (Lipinski definition) is 1. The summed E-state index contributed by atoms with van der Waals surface area (Å²) in [5, 5.41) is 9.21. The van der Waals surface area contributed by atoms with Gasteiger partial charge in [0, 0.05) is 0 Å². The largest absolute Gasteiger partial charge is 0.413 e. The van der Waals surface area contributed by atoms with E-state index in [4.69, 9.17) is 9.16 Å². The lowest BCUT2D eigenvalue weighted by atomic mass is 10.3. The molecule has 0 saturated carbocycles. The van der Waals surface area contributed by atoms with Crippen molar-refractivity contribution >= 4 is 9.04 Å². The molecule has 0 spiro atoms. The molecule has 3 nitrogen and oxygen atoms in total. The maximum atomic E-state index is 9.21. The summed E-state index contributed by atoms with van der Waals surface area (Å²) in [6.45, 7) is 5.17. The fourth-order valence-electron chi connectivity index (χ4n) is 1.00. The molecule has 1 aliphatic rings. The van der Waals surface area contributed by atoms with Gasteiger partial charge in [0.15, 0.2) is 9.04 Å². The summed E-state index contributed by atoms with van der Waals surface area (Å²) in [5.41, 5.74) is 0. The Morgan fingerprint density at radius 3 is 2.60 bits per heavy atom. The quantitative estimate of drug-likeness (QED) is 0.569. The highest BCUT2D eigenvalue weighted by Gasteiger charge is 2.27. The molecule has 1 aliphatic heterocycles. The van der Waals surface area contributed by atoms with Gasteiger partial charge in [-0.3, -0.25) is 0 Å². The van der Waals surface area contributed by atoms with E-state index in [1.165, 1.54) is 0 Å². The Morgan fingerprint density at radius 1 is 1.50 bits per heavy atom. The lowest BCUT2D eigenvalue weighted by Crippen LogP contribution is -2.31. The number of hydrogen-bond acceptors (Lipinski definition) is 3. The van der Waals surface area contributed by atoms with Gasteiger partial charge < -0.3 is 14.3 Å². The van der Waals surface area contributed by atoms with Crippen molar-refractivity contribution in [1.82, 2.24) is 0 Å². The lowest BCUT2D eigenvalue weighted by Gasteiger charge is -2.15. The highest BCUT2D eigenvalue weighted by Crippen LogP contribution is 2.10. The van der Waals surface area contributed by atoms with Gasteiger partial charge in [0.2, 0.25) is 0 Å². The molecule has 0 bridgehead atoms. The summed E-state index contributed by atoms with van der Waals surface area (Å²) >= 11 is 0. The van der Waals surface area contributed by atoms with E-state index in [1.807, 2.05) is 0 Å². The molecule has 60 valence electrons. The zero-order valence-electron chi connectivity index (χ0n) is 6.41. The second-order valence-corrected chi connectivity index (χ2v) is 5.20. The van der Waals surface area contributed by atoms with Crippen LogP contribution in [0, 0.1) is 0 Å². The molecule has 2 atom stereocenters. The first-order valence-corrected chi connectivity index (χ1v) is 6.39. The average Bonchev–Trinajstić information content (AvgIpc) is 2.15. The number of rotatable bonds is 2. The molecule has 1 fully saturated rings. The molecule has 1 rings (SSSR count). The Bertz CT molecular complexity index is 107. The van der Waals surface area contributed by atoms with Crippen molar-refractivity contribution in [2.24, 2.45) is 0 Å². The van der Waals surface area contributed by atoms with Crippen molar-refractivity contribution in [1.29, 1.82) is 0 Å². The third-order valence-corrected chi connectivity index (χ3v) is 2.34. The molecule has 1 saturated heterocycles. The topological polar surface area (TPSA) is 38.7 Å². The van der Waals surface area contributed by atoms with Crippen molar-refractivity contribution in [2.75, 3.05) is 13.2 Å². The SMILES string of the molecule is C[SiH](C)OC1COCC1O. The van der Waals surface area contributed by atoms with Crippen LogP contribution in [0.4, 0.5) is 0 Å². The summed E-state index contributed by atoms with van der Waals surface area (Å²) < 4.78 is 10.5. The zero-order valence-corrected chi connectivity index (χ0v) is 7.56. The molecule has 0 radical (unpaired) electrons. The van der Waals surface area contributed by atoms with Crippen LogP contribution in [0.1, 0.15) is 0 Å². The predicted octanol–water partition coefficient (Wildman–Crippen LogP) is -0.254. The van der Waals surface area contributed by atoms with E-state index in [0.29, 0.717) is 13.2 Å². The average molecular weight is 162 g/mol. The summed E-state index contributed by atoms with van der Waals surface area (Å²) in [6, 6.07) is 0. The van der Waals surface area contributed by atoms with E-state index in [0.717, 1.165) is 0 Å². The Hall–Kier alpha value is 0.0969. The van der Waals surface area contributed by atoms with E-state index in [2.05, 4.69) is 13.1 Å². The molecular weight excluding hydrogens is 148 g/mol. The van der Waals surface area contributed by atoms with Crippen molar-refractivity contribution in [3.8, 4) is 0 Å². The van der Waals surface area contributed by atoms with Crippen molar-refractivity contribution in [3.05, 3.63) is 0 Å². The third-order valence-electron chi connectivity index (χ3n) is 1.45. The second kappa shape index (κ2) is 3.48. The Balaban J connectivity index is 2.26. The fourth-order valence-corrected chi connectivity index (χ4v) is 1.96. The number of ether oxygens (including phenoxy) is 1. The molecule has 0 aromatic heterocycles.